The van der Waals surface area contributed by atoms with Crippen molar-refractivity contribution in [1.29, 1.82) is 0 Å². The van der Waals surface area contributed by atoms with E-state index in [1.165, 1.54) is 0 Å². The van der Waals surface area contributed by atoms with Crippen LogP contribution in [0.25, 0.3) is 0 Å². The topological polar surface area (TPSA) is 42.0 Å². The first kappa shape index (κ1) is 20.7. The van der Waals surface area contributed by atoms with Gasteiger partial charge in [-0.05, 0) is 30.0 Å². The Hall–Kier alpha value is -1.59. The van der Waals surface area contributed by atoms with Crippen LogP contribution in [0.3, 0.4) is 0 Å². The van der Waals surface area contributed by atoms with Gasteiger partial charge in [-0.15, -0.1) is 0 Å². The highest BCUT2D eigenvalue weighted by Crippen LogP contribution is 2.28. The van der Waals surface area contributed by atoms with E-state index in [0.29, 0.717) is 12.0 Å². The van der Waals surface area contributed by atoms with E-state index in [9.17, 15) is 4.79 Å². The summed E-state index contributed by atoms with van der Waals surface area (Å²) in [7, 11) is 1.67. The molecule has 146 valence electrons. The smallest absolute Gasteiger partial charge is 0.254 e. The Morgan fingerprint density at radius 3 is 2.50 bits per heavy atom. The van der Waals surface area contributed by atoms with Crippen LogP contribution < -0.4 is 4.74 Å². The SMILES string of the molecule is CC.COc1cc(C(=O)N2CCC(N3CCOCC3)C2)ccc1C(C)C. The first-order chi connectivity index (χ1) is 12.6. The lowest BCUT2D eigenvalue weighted by Gasteiger charge is -2.32. The Bertz CT molecular complexity index is 583. The van der Waals surface area contributed by atoms with Crippen molar-refractivity contribution < 1.29 is 14.3 Å². The molecule has 0 aliphatic carbocycles. The fraction of sp³-hybridized carbons (Fsp3) is 0.667. The van der Waals surface area contributed by atoms with Gasteiger partial charge in [0.05, 0.1) is 20.3 Å². The maximum atomic E-state index is 12.9. The number of amides is 1. The van der Waals surface area contributed by atoms with Crippen molar-refractivity contribution in [3.05, 3.63) is 29.3 Å². The molecule has 26 heavy (non-hydrogen) atoms. The number of rotatable bonds is 4. The summed E-state index contributed by atoms with van der Waals surface area (Å²) in [5, 5.41) is 0. The minimum atomic E-state index is 0.111. The Balaban J connectivity index is 0.00000117. The van der Waals surface area contributed by atoms with E-state index in [2.05, 4.69) is 18.7 Å². The third kappa shape index (κ3) is 4.77. The van der Waals surface area contributed by atoms with Crippen LogP contribution in [0.5, 0.6) is 5.75 Å². The van der Waals surface area contributed by atoms with Crippen LogP contribution >= 0.6 is 0 Å². The molecule has 0 bridgehead atoms. The summed E-state index contributed by atoms with van der Waals surface area (Å²) < 4.78 is 10.9. The van der Waals surface area contributed by atoms with Crippen LogP contribution in [0.15, 0.2) is 18.2 Å². The molecule has 1 amide bonds. The van der Waals surface area contributed by atoms with Crippen molar-refractivity contribution in [1.82, 2.24) is 9.80 Å². The van der Waals surface area contributed by atoms with Crippen LogP contribution in [0, 0.1) is 0 Å². The van der Waals surface area contributed by atoms with Crippen molar-refractivity contribution in [2.45, 2.75) is 46.1 Å². The van der Waals surface area contributed by atoms with Gasteiger partial charge in [-0.3, -0.25) is 9.69 Å². The van der Waals surface area contributed by atoms with E-state index < -0.39 is 0 Å². The van der Waals surface area contributed by atoms with E-state index >= 15 is 0 Å². The molecular weight excluding hydrogens is 328 g/mol. The molecule has 2 aliphatic rings. The lowest BCUT2D eigenvalue weighted by atomic mass is 10.00. The average molecular weight is 363 g/mol. The normalized spacial score (nSPS) is 20.7. The zero-order valence-corrected chi connectivity index (χ0v) is 17.0. The first-order valence-electron chi connectivity index (χ1n) is 9.89. The van der Waals surface area contributed by atoms with Crippen molar-refractivity contribution >= 4 is 5.91 Å². The number of methoxy groups -OCH3 is 1. The quantitative estimate of drug-likeness (QED) is 0.823. The standard InChI is InChI=1S/C19H28N2O3.C2H6/c1-14(2)17-5-4-15(12-18(17)23-3)19(22)21-7-6-16(13-21)20-8-10-24-11-9-20;1-2/h4-5,12,14,16H,6-11,13H2,1-3H3;1-2H3. The van der Waals surface area contributed by atoms with Crippen LogP contribution in [-0.2, 0) is 4.74 Å². The molecule has 1 atom stereocenters. The summed E-state index contributed by atoms with van der Waals surface area (Å²) in [5.41, 5.74) is 1.86. The predicted octanol–water partition coefficient (Wildman–Crippen LogP) is 3.39. The Morgan fingerprint density at radius 2 is 1.88 bits per heavy atom. The highest BCUT2D eigenvalue weighted by molar-refractivity contribution is 5.95. The van der Waals surface area contributed by atoms with Gasteiger partial charge >= 0.3 is 0 Å². The number of hydrogen-bond donors (Lipinski definition) is 0. The number of morpholine rings is 1. The van der Waals surface area contributed by atoms with E-state index in [-0.39, 0.29) is 5.91 Å². The highest BCUT2D eigenvalue weighted by atomic mass is 16.5. The number of benzene rings is 1. The van der Waals surface area contributed by atoms with E-state index in [1.54, 1.807) is 7.11 Å². The Kier molecular flexibility index (Phi) is 7.91. The fourth-order valence-corrected chi connectivity index (χ4v) is 3.67. The predicted molar refractivity (Wildman–Crippen MR) is 105 cm³/mol. The third-order valence-electron chi connectivity index (χ3n) is 5.12. The number of carbonyl (C=O) groups is 1. The van der Waals surface area contributed by atoms with Crippen LogP contribution in [0.1, 0.15) is 56.0 Å². The molecule has 1 aromatic rings. The van der Waals surface area contributed by atoms with Crippen molar-refractivity contribution in [3.63, 3.8) is 0 Å². The molecule has 1 unspecified atom stereocenters. The molecular formula is C21H34N2O3. The maximum absolute atomic E-state index is 12.9. The maximum Gasteiger partial charge on any atom is 0.254 e. The largest absolute Gasteiger partial charge is 0.496 e. The van der Waals surface area contributed by atoms with Gasteiger partial charge < -0.3 is 14.4 Å². The Labute approximate surface area is 158 Å². The monoisotopic (exact) mass is 362 g/mol. The van der Waals surface area contributed by atoms with Gasteiger partial charge in [0, 0.05) is 37.8 Å². The average Bonchev–Trinajstić information content (AvgIpc) is 3.19. The fourth-order valence-electron chi connectivity index (χ4n) is 3.67. The molecule has 0 aromatic heterocycles. The first-order valence-corrected chi connectivity index (χ1v) is 9.89. The second-order valence-corrected chi connectivity index (χ2v) is 6.95. The van der Waals surface area contributed by atoms with E-state index in [1.807, 2.05) is 36.9 Å². The molecule has 5 nitrogen and oxygen atoms in total. The molecule has 5 heteroatoms. The molecule has 0 radical (unpaired) electrons. The lowest BCUT2D eigenvalue weighted by molar-refractivity contribution is 0.0185. The summed E-state index contributed by atoms with van der Waals surface area (Å²) in [5.74, 6) is 1.29. The van der Waals surface area contributed by atoms with Gasteiger partial charge in [-0.2, -0.15) is 0 Å². The van der Waals surface area contributed by atoms with Crippen molar-refractivity contribution in [2.24, 2.45) is 0 Å². The second-order valence-electron chi connectivity index (χ2n) is 6.95. The van der Waals surface area contributed by atoms with Crippen molar-refractivity contribution in [2.75, 3.05) is 46.5 Å². The minimum Gasteiger partial charge on any atom is -0.496 e. The number of carbonyl (C=O) groups excluding carboxylic acids is 1. The molecule has 0 N–H and O–H groups in total. The zero-order chi connectivity index (χ0) is 19.1. The summed E-state index contributed by atoms with van der Waals surface area (Å²) in [6.07, 6.45) is 1.05. The van der Waals surface area contributed by atoms with Gasteiger partial charge in [0.1, 0.15) is 5.75 Å². The molecule has 3 rings (SSSR count). The Morgan fingerprint density at radius 1 is 1.19 bits per heavy atom. The molecule has 0 spiro atoms. The van der Waals surface area contributed by atoms with Gasteiger partial charge in [0.25, 0.3) is 5.91 Å². The van der Waals surface area contributed by atoms with Crippen molar-refractivity contribution in [3.8, 4) is 5.75 Å². The van der Waals surface area contributed by atoms with Crippen LogP contribution in [-0.4, -0.2) is 68.3 Å². The molecule has 2 aliphatic heterocycles. The van der Waals surface area contributed by atoms with Crippen LogP contribution in [0.4, 0.5) is 0 Å². The number of likely N-dealkylation sites (tertiary alicyclic amines) is 1. The number of nitrogens with zero attached hydrogens (tertiary/aromatic N) is 2. The molecule has 2 fully saturated rings. The van der Waals surface area contributed by atoms with E-state index in [4.69, 9.17) is 9.47 Å². The highest BCUT2D eigenvalue weighted by Gasteiger charge is 2.31. The van der Waals surface area contributed by atoms with Gasteiger partial charge in [-0.25, -0.2) is 0 Å². The minimum absolute atomic E-state index is 0.111. The molecule has 2 saturated heterocycles. The zero-order valence-electron chi connectivity index (χ0n) is 17.0. The van der Waals surface area contributed by atoms with E-state index in [0.717, 1.165) is 62.7 Å². The number of hydrogen-bond acceptors (Lipinski definition) is 4. The van der Waals surface area contributed by atoms with Gasteiger partial charge in [0.2, 0.25) is 0 Å². The number of ether oxygens (including phenoxy) is 2. The second kappa shape index (κ2) is 9.93. The summed E-state index contributed by atoms with van der Waals surface area (Å²) in [6, 6.07) is 6.31. The van der Waals surface area contributed by atoms with Gasteiger partial charge in [-0.1, -0.05) is 33.8 Å². The molecule has 1 aromatic carbocycles. The lowest BCUT2D eigenvalue weighted by Crippen LogP contribution is -2.45. The van der Waals surface area contributed by atoms with Gasteiger partial charge in [0.15, 0.2) is 0 Å². The summed E-state index contributed by atoms with van der Waals surface area (Å²) in [4.78, 5) is 17.3. The van der Waals surface area contributed by atoms with Crippen LogP contribution in [0.2, 0.25) is 0 Å². The summed E-state index contributed by atoms with van der Waals surface area (Å²) >= 11 is 0. The summed E-state index contributed by atoms with van der Waals surface area (Å²) in [6.45, 7) is 13.5. The molecule has 0 saturated carbocycles. The third-order valence-corrected chi connectivity index (χ3v) is 5.12. The molecule has 2 heterocycles.